The number of methoxy groups -OCH3 is 1. The second-order valence-corrected chi connectivity index (χ2v) is 4.97. The topological polar surface area (TPSA) is 73.6 Å². The van der Waals surface area contributed by atoms with E-state index in [2.05, 4.69) is 0 Å². The van der Waals surface area contributed by atoms with Gasteiger partial charge in [0, 0.05) is 11.8 Å². The highest BCUT2D eigenvalue weighted by Gasteiger charge is 2.45. The fourth-order valence-electron chi connectivity index (χ4n) is 2.32. The Balaban J connectivity index is 2.43. The average Bonchev–Trinajstić information content (AvgIpc) is 2.57. The van der Waals surface area contributed by atoms with Gasteiger partial charge in [-0.2, -0.15) is 5.26 Å². The molecular weight excluding hydrogens is 244 g/mol. The Labute approximate surface area is 112 Å². The van der Waals surface area contributed by atoms with E-state index in [1.807, 2.05) is 6.07 Å². The van der Waals surface area contributed by atoms with Crippen LogP contribution in [0.25, 0.3) is 0 Å². The Kier molecular flexibility index (Phi) is 3.21. The zero-order chi connectivity index (χ0) is 14.2. The van der Waals surface area contributed by atoms with Crippen LogP contribution in [0.5, 0.6) is 5.75 Å². The van der Waals surface area contributed by atoms with Crippen molar-refractivity contribution < 1.29 is 14.6 Å². The Morgan fingerprint density at radius 1 is 1.58 bits per heavy atom. The molecule has 2 rings (SSSR count). The largest absolute Gasteiger partial charge is 0.495 e. The summed E-state index contributed by atoms with van der Waals surface area (Å²) in [5, 5.41) is 19.1. The van der Waals surface area contributed by atoms with Crippen LogP contribution in [0.1, 0.15) is 25.8 Å². The van der Waals surface area contributed by atoms with Crippen molar-refractivity contribution in [2.45, 2.75) is 31.9 Å². The molecule has 0 aromatic heterocycles. The normalized spacial score (nSPS) is 26.4. The van der Waals surface area contributed by atoms with Gasteiger partial charge in [0.25, 0.3) is 0 Å². The van der Waals surface area contributed by atoms with Crippen molar-refractivity contribution >= 4 is 11.6 Å². The molecule has 0 saturated carbocycles. The van der Waals surface area contributed by atoms with Gasteiger partial charge in [0.05, 0.1) is 30.7 Å². The maximum Gasteiger partial charge on any atom is 0.230 e. The van der Waals surface area contributed by atoms with Crippen LogP contribution in [0, 0.1) is 11.3 Å². The third kappa shape index (κ3) is 2.15. The molecule has 5 heteroatoms. The SMILES string of the molecule is COc1cc(N2C(=O)CC(C)(O)C2C)ccc1C#N. The van der Waals surface area contributed by atoms with Crippen LogP contribution in [0.4, 0.5) is 5.69 Å². The molecule has 0 radical (unpaired) electrons. The van der Waals surface area contributed by atoms with Crippen LogP contribution in [-0.2, 0) is 4.79 Å². The lowest BCUT2D eigenvalue weighted by molar-refractivity contribution is -0.118. The van der Waals surface area contributed by atoms with E-state index in [0.717, 1.165) is 0 Å². The Morgan fingerprint density at radius 2 is 2.26 bits per heavy atom. The van der Waals surface area contributed by atoms with Crippen molar-refractivity contribution in [3.05, 3.63) is 23.8 Å². The maximum absolute atomic E-state index is 12.0. The van der Waals surface area contributed by atoms with E-state index in [4.69, 9.17) is 10.00 Å². The smallest absolute Gasteiger partial charge is 0.230 e. The van der Waals surface area contributed by atoms with Gasteiger partial charge in [0.2, 0.25) is 5.91 Å². The molecule has 1 aliphatic heterocycles. The van der Waals surface area contributed by atoms with Crippen LogP contribution >= 0.6 is 0 Å². The number of nitrogens with zero attached hydrogens (tertiary/aromatic N) is 2. The Bertz CT molecular complexity index is 560. The first-order valence-electron chi connectivity index (χ1n) is 6.03. The molecule has 1 N–H and O–H groups in total. The van der Waals surface area contributed by atoms with E-state index >= 15 is 0 Å². The number of hydrogen-bond donors (Lipinski definition) is 1. The van der Waals surface area contributed by atoms with Crippen molar-refractivity contribution in [3.63, 3.8) is 0 Å². The highest BCUT2D eigenvalue weighted by atomic mass is 16.5. The zero-order valence-corrected chi connectivity index (χ0v) is 11.2. The van der Waals surface area contributed by atoms with Crippen molar-refractivity contribution in [2.75, 3.05) is 12.0 Å². The summed E-state index contributed by atoms with van der Waals surface area (Å²) in [6, 6.07) is 6.65. The molecule has 1 amide bonds. The summed E-state index contributed by atoms with van der Waals surface area (Å²) in [5.41, 5.74) is 0.00141. The summed E-state index contributed by atoms with van der Waals surface area (Å²) in [5.74, 6) is 0.288. The summed E-state index contributed by atoms with van der Waals surface area (Å²) in [4.78, 5) is 13.6. The first-order chi connectivity index (χ1) is 8.90. The molecule has 1 saturated heterocycles. The molecule has 2 unspecified atom stereocenters. The molecular formula is C14H16N2O3. The zero-order valence-electron chi connectivity index (χ0n) is 11.2. The molecule has 0 aliphatic carbocycles. The van der Waals surface area contributed by atoms with Crippen molar-refractivity contribution in [3.8, 4) is 11.8 Å². The molecule has 0 spiro atoms. The number of aliphatic hydroxyl groups is 1. The monoisotopic (exact) mass is 260 g/mol. The first-order valence-corrected chi connectivity index (χ1v) is 6.03. The second kappa shape index (κ2) is 4.56. The number of amides is 1. The number of nitriles is 1. The van der Waals surface area contributed by atoms with E-state index in [-0.39, 0.29) is 18.4 Å². The minimum Gasteiger partial charge on any atom is -0.495 e. The molecule has 1 aromatic carbocycles. The summed E-state index contributed by atoms with van der Waals surface area (Å²) in [6.45, 7) is 3.45. The summed E-state index contributed by atoms with van der Waals surface area (Å²) >= 11 is 0. The lowest BCUT2D eigenvalue weighted by Crippen LogP contribution is -2.40. The van der Waals surface area contributed by atoms with Gasteiger partial charge in [-0.1, -0.05) is 0 Å². The van der Waals surface area contributed by atoms with Gasteiger partial charge < -0.3 is 14.7 Å². The number of ether oxygens (including phenoxy) is 1. The fourth-order valence-corrected chi connectivity index (χ4v) is 2.32. The molecule has 100 valence electrons. The molecule has 1 aromatic rings. The predicted octanol–water partition coefficient (Wildman–Crippen LogP) is 1.44. The third-order valence-electron chi connectivity index (χ3n) is 3.65. The van der Waals surface area contributed by atoms with Gasteiger partial charge in [-0.25, -0.2) is 0 Å². The number of carbonyl (C=O) groups excluding carboxylic acids is 1. The summed E-state index contributed by atoms with van der Waals surface area (Å²) < 4.78 is 5.14. The molecule has 2 atom stereocenters. The van der Waals surface area contributed by atoms with Gasteiger partial charge in [-0.05, 0) is 26.0 Å². The molecule has 1 heterocycles. The quantitative estimate of drug-likeness (QED) is 0.873. The fraction of sp³-hybridized carbons (Fsp3) is 0.429. The van der Waals surface area contributed by atoms with E-state index in [9.17, 15) is 9.90 Å². The highest BCUT2D eigenvalue weighted by Crippen LogP contribution is 2.35. The highest BCUT2D eigenvalue weighted by molar-refractivity contribution is 5.97. The van der Waals surface area contributed by atoms with Crippen LogP contribution in [0.15, 0.2) is 18.2 Å². The van der Waals surface area contributed by atoms with Gasteiger partial charge >= 0.3 is 0 Å². The Hall–Kier alpha value is -2.06. The third-order valence-corrected chi connectivity index (χ3v) is 3.65. The van der Waals surface area contributed by atoms with Crippen molar-refractivity contribution in [1.29, 1.82) is 5.26 Å². The maximum atomic E-state index is 12.0. The van der Waals surface area contributed by atoms with E-state index < -0.39 is 5.60 Å². The number of benzene rings is 1. The first kappa shape index (κ1) is 13.4. The number of anilines is 1. The van der Waals surface area contributed by atoms with E-state index in [1.165, 1.54) is 7.11 Å². The molecule has 1 aliphatic rings. The minimum atomic E-state index is -1.04. The number of hydrogen-bond acceptors (Lipinski definition) is 4. The van der Waals surface area contributed by atoms with Gasteiger partial charge in [0.15, 0.2) is 0 Å². The minimum absolute atomic E-state index is 0.0937. The average molecular weight is 260 g/mol. The summed E-state index contributed by atoms with van der Waals surface area (Å²) in [7, 11) is 1.48. The Morgan fingerprint density at radius 3 is 2.74 bits per heavy atom. The van der Waals surface area contributed by atoms with Crippen LogP contribution in [0.2, 0.25) is 0 Å². The van der Waals surface area contributed by atoms with Crippen LogP contribution in [-0.4, -0.2) is 29.8 Å². The lowest BCUT2D eigenvalue weighted by atomic mass is 9.98. The van der Waals surface area contributed by atoms with Gasteiger partial charge in [0.1, 0.15) is 11.8 Å². The van der Waals surface area contributed by atoms with E-state index in [0.29, 0.717) is 17.0 Å². The van der Waals surface area contributed by atoms with E-state index in [1.54, 1.807) is 36.9 Å². The van der Waals surface area contributed by atoms with Crippen LogP contribution in [0.3, 0.4) is 0 Å². The molecule has 1 fully saturated rings. The molecule has 0 bridgehead atoms. The van der Waals surface area contributed by atoms with Crippen molar-refractivity contribution in [1.82, 2.24) is 0 Å². The van der Waals surface area contributed by atoms with Gasteiger partial charge in [-0.15, -0.1) is 0 Å². The van der Waals surface area contributed by atoms with Crippen molar-refractivity contribution in [2.24, 2.45) is 0 Å². The predicted molar refractivity (Wildman–Crippen MR) is 69.9 cm³/mol. The lowest BCUT2D eigenvalue weighted by Gasteiger charge is -2.28. The second-order valence-electron chi connectivity index (χ2n) is 4.97. The number of carbonyl (C=O) groups is 1. The standard InChI is InChI=1S/C14H16N2O3/c1-9-14(2,18)7-13(17)16(9)11-5-4-10(8-15)12(6-11)19-3/h4-6,9,18H,7H2,1-3H3. The molecule has 5 nitrogen and oxygen atoms in total. The number of rotatable bonds is 2. The van der Waals surface area contributed by atoms with Gasteiger partial charge in [-0.3, -0.25) is 4.79 Å². The molecule has 19 heavy (non-hydrogen) atoms. The van der Waals surface area contributed by atoms with Crippen LogP contribution < -0.4 is 9.64 Å². The summed E-state index contributed by atoms with van der Waals surface area (Å²) in [6.07, 6.45) is 0.0937.